The number of rotatable bonds is 4. The maximum atomic E-state index is 12.8. The second-order valence-corrected chi connectivity index (χ2v) is 7.45. The molecule has 0 atom stereocenters. The van der Waals surface area contributed by atoms with E-state index in [0.29, 0.717) is 37.2 Å². The van der Waals surface area contributed by atoms with Gasteiger partial charge in [-0.1, -0.05) is 17.2 Å². The van der Waals surface area contributed by atoms with Gasteiger partial charge in [0.1, 0.15) is 12.2 Å². The molecule has 1 aliphatic rings. The Balaban J connectivity index is 1.57. The van der Waals surface area contributed by atoms with Gasteiger partial charge in [0.2, 0.25) is 0 Å². The number of likely N-dealkylation sites (tertiary alicyclic amines) is 1. The van der Waals surface area contributed by atoms with Crippen LogP contribution in [0.25, 0.3) is 0 Å². The standard InChI is InChI=1S/C20H23F3N4O2/c1-12-7-13(2)9-15(8-12)19(29)27-5-3-14(4-6-27)16-10-17(26-25-16)18(28)24-11-20(21,22)23/h7-10,14H,3-6,11H2,1-2H3,(H,24,28)(H,25,26). The van der Waals surface area contributed by atoms with E-state index in [0.717, 1.165) is 11.1 Å². The Morgan fingerprint density at radius 1 is 1.14 bits per heavy atom. The third kappa shape index (κ3) is 5.36. The Morgan fingerprint density at radius 2 is 1.76 bits per heavy atom. The average molecular weight is 408 g/mol. The first-order valence-corrected chi connectivity index (χ1v) is 9.40. The molecule has 2 N–H and O–H groups in total. The molecule has 29 heavy (non-hydrogen) atoms. The van der Waals surface area contributed by atoms with Gasteiger partial charge in [-0.25, -0.2) is 0 Å². The molecule has 0 spiro atoms. The highest BCUT2D eigenvalue weighted by Gasteiger charge is 2.29. The summed E-state index contributed by atoms with van der Waals surface area (Å²) in [5.41, 5.74) is 3.37. The van der Waals surface area contributed by atoms with Crippen LogP contribution in [-0.4, -0.2) is 52.7 Å². The molecule has 3 rings (SSSR count). The number of alkyl halides is 3. The van der Waals surface area contributed by atoms with Gasteiger partial charge in [0.25, 0.3) is 11.8 Å². The van der Waals surface area contributed by atoms with Crippen molar-refractivity contribution >= 4 is 11.8 Å². The number of hydrogen-bond acceptors (Lipinski definition) is 3. The highest BCUT2D eigenvalue weighted by molar-refractivity contribution is 5.94. The molecule has 1 aromatic heterocycles. The van der Waals surface area contributed by atoms with Crippen molar-refractivity contribution in [3.8, 4) is 0 Å². The highest BCUT2D eigenvalue weighted by Crippen LogP contribution is 2.28. The summed E-state index contributed by atoms with van der Waals surface area (Å²) in [6.45, 7) is 3.64. The van der Waals surface area contributed by atoms with Crippen molar-refractivity contribution in [2.24, 2.45) is 0 Å². The molecule has 6 nitrogen and oxygen atoms in total. The zero-order valence-corrected chi connectivity index (χ0v) is 16.3. The van der Waals surface area contributed by atoms with Crippen molar-refractivity contribution in [1.82, 2.24) is 20.4 Å². The number of nitrogens with one attached hydrogen (secondary N) is 2. The maximum absolute atomic E-state index is 12.8. The summed E-state index contributed by atoms with van der Waals surface area (Å²) in [4.78, 5) is 26.4. The molecule has 0 unspecified atom stereocenters. The Bertz CT molecular complexity index is 879. The SMILES string of the molecule is Cc1cc(C)cc(C(=O)N2CCC(c3cc(C(=O)NCC(F)(F)F)n[nH]3)CC2)c1. The third-order valence-electron chi connectivity index (χ3n) is 4.97. The molecule has 0 radical (unpaired) electrons. The number of nitrogens with zero attached hydrogens (tertiary/aromatic N) is 2. The lowest BCUT2D eigenvalue weighted by Crippen LogP contribution is -2.38. The van der Waals surface area contributed by atoms with Crippen molar-refractivity contribution < 1.29 is 22.8 Å². The minimum atomic E-state index is -4.47. The number of H-pyrrole nitrogens is 1. The van der Waals surface area contributed by atoms with E-state index >= 15 is 0 Å². The van der Waals surface area contributed by atoms with Crippen LogP contribution in [0.4, 0.5) is 13.2 Å². The third-order valence-corrected chi connectivity index (χ3v) is 4.97. The molecule has 2 heterocycles. The summed E-state index contributed by atoms with van der Waals surface area (Å²) in [6.07, 6.45) is -3.10. The number of aryl methyl sites for hydroxylation is 2. The lowest BCUT2D eigenvalue weighted by atomic mass is 9.93. The first-order valence-electron chi connectivity index (χ1n) is 9.40. The maximum Gasteiger partial charge on any atom is 0.405 e. The van der Waals surface area contributed by atoms with Crippen LogP contribution in [-0.2, 0) is 0 Å². The van der Waals surface area contributed by atoms with Crippen molar-refractivity contribution in [3.05, 3.63) is 52.3 Å². The molecule has 1 fully saturated rings. The van der Waals surface area contributed by atoms with Gasteiger partial charge in [-0.3, -0.25) is 14.7 Å². The number of halogens is 3. The molecular weight excluding hydrogens is 385 g/mol. The number of amides is 2. The zero-order chi connectivity index (χ0) is 21.2. The summed E-state index contributed by atoms with van der Waals surface area (Å²) in [5.74, 6) is -0.811. The second kappa shape index (κ2) is 8.26. The van der Waals surface area contributed by atoms with Gasteiger partial charge in [-0.05, 0) is 44.9 Å². The first kappa shape index (κ1) is 20.9. The van der Waals surface area contributed by atoms with E-state index in [1.807, 2.05) is 32.0 Å². The van der Waals surface area contributed by atoms with Gasteiger partial charge in [0.15, 0.2) is 0 Å². The Morgan fingerprint density at radius 3 is 2.34 bits per heavy atom. The predicted octanol–water partition coefficient (Wildman–Crippen LogP) is 3.34. The van der Waals surface area contributed by atoms with E-state index in [2.05, 4.69) is 10.2 Å². The van der Waals surface area contributed by atoms with Crippen LogP contribution in [0.2, 0.25) is 0 Å². The van der Waals surface area contributed by atoms with Crippen molar-refractivity contribution in [3.63, 3.8) is 0 Å². The Hall–Kier alpha value is -2.84. The molecule has 1 aromatic carbocycles. The topological polar surface area (TPSA) is 78.1 Å². The van der Waals surface area contributed by atoms with Crippen LogP contribution >= 0.6 is 0 Å². The lowest BCUT2D eigenvalue weighted by molar-refractivity contribution is -0.123. The van der Waals surface area contributed by atoms with E-state index in [4.69, 9.17) is 0 Å². The normalized spacial score (nSPS) is 15.4. The molecule has 1 saturated heterocycles. The molecule has 0 aliphatic carbocycles. The lowest BCUT2D eigenvalue weighted by Gasteiger charge is -2.31. The van der Waals surface area contributed by atoms with Crippen molar-refractivity contribution in [1.29, 1.82) is 0 Å². The smallest absolute Gasteiger partial charge is 0.342 e. The number of aromatic nitrogens is 2. The van der Waals surface area contributed by atoms with Crippen molar-refractivity contribution in [2.45, 2.75) is 38.8 Å². The van der Waals surface area contributed by atoms with E-state index < -0.39 is 18.6 Å². The van der Waals surface area contributed by atoms with Gasteiger partial charge in [0.05, 0.1) is 0 Å². The fourth-order valence-corrected chi connectivity index (χ4v) is 3.61. The summed E-state index contributed by atoms with van der Waals surface area (Å²) < 4.78 is 36.7. The fourth-order valence-electron chi connectivity index (χ4n) is 3.61. The van der Waals surface area contributed by atoms with E-state index in [1.165, 1.54) is 6.07 Å². The minimum absolute atomic E-state index is 0.00734. The minimum Gasteiger partial charge on any atom is -0.342 e. The molecule has 2 amide bonds. The van der Waals surface area contributed by atoms with E-state index in [-0.39, 0.29) is 17.5 Å². The summed E-state index contributed by atoms with van der Waals surface area (Å²) >= 11 is 0. The molecular formula is C20H23F3N4O2. The van der Waals surface area contributed by atoms with Gasteiger partial charge >= 0.3 is 6.18 Å². The van der Waals surface area contributed by atoms with Crippen molar-refractivity contribution in [2.75, 3.05) is 19.6 Å². The average Bonchev–Trinajstić information content (AvgIpc) is 3.14. The Labute approximate surface area is 166 Å². The molecule has 0 bridgehead atoms. The quantitative estimate of drug-likeness (QED) is 0.815. The predicted molar refractivity (Wildman–Crippen MR) is 101 cm³/mol. The van der Waals surface area contributed by atoms with E-state index in [9.17, 15) is 22.8 Å². The zero-order valence-electron chi connectivity index (χ0n) is 16.3. The molecule has 9 heteroatoms. The van der Waals surface area contributed by atoms with Crippen LogP contribution in [0.1, 0.15) is 56.4 Å². The first-order chi connectivity index (χ1) is 13.6. The molecule has 0 saturated carbocycles. The second-order valence-electron chi connectivity index (χ2n) is 7.45. The van der Waals surface area contributed by atoms with Crippen LogP contribution < -0.4 is 5.32 Å². The Kier molecular flexibility index (Phi) is 5.95. The number of hydrogen-bond donors (Lipinski definition) is 2. The summed E-state index contributed by atoms with van der Waals surface area (Å²) in [6, 6.07) is 7.26. The van der Waals surface area contributed by atoms with Gasteiger partial charge in [-0.15, -0.1) is 0 Å². The summed E-state index contributed by atoms with van der Waals surface area (Å²) in [5, 5.41) is 8.38. The number of piperidine rings is 1. The number of aromatic amines is 1. The number of benzene rings is 1. The van der Waals surface area contributed by atoms with Crippen LogP contribution in [0.3, 0.4) is 0 Å². The highest BCUT2D eigenvalue weighted by atomic mass is 19.4. The number of carbonyl (C=O) groups is 2. The number of carbonyl (C=O) groups excluding carboxylic acids is 2. The molecule has 156 valence electrons. The van der Waals surface area contributed by atoms with Crippen LogP contribution in [0, 0.1) is 13.8 Å². The van der Waals surface area contributed by atoms with Gasteiger partial charge in [0, 0.05) is 30.3 Å². The van der Waals surface area contributed by atoms with Gasteiger partial charge in [-0.2, -0.15) is 18.3 Å². The largest absolute Gasteiger partial charge is 0.405 e. The van der Waals surface area contributed by atoms with Crippen LogP contribution in [0.5, 0.6) is 0 Å². The van der Waals surface area contributed by atoms with Gasteiger partial charge < -0.3 is 10.2 Å². The fraction of sp³-hybridized carbons (Fsp3) is 0.450. The molecule has 2 aromatic rings. The molecule has 1 aliphatic heterocycles. The van der Waals surface area contributed by atoms with Crippen LogP contribution in [0.15, 0.2) is 24.3 Å². The summed E-state index contributed by atoms with van der Waals surface area (Å²) in [7, 11) is 0. The monoisotopic (exact) mass is 408 g/mol. The van der Waals surface area contributed by atoms with E-state index in [1.54, 1.807) is 10.2 Å².